The van der Waals surface area contributed by atoms with Crippen LogP contribution in [0.25, 0.3) is 17.2 Å². The summed E-state index contributed by atoms with van der Waals surface area (Å²) in [6.45, 7) is 1.97. The summed E-state index contributed by atoms with van der Waals surface area (Å²) < 4.78 is 23.3. The summed E-state index contributed by atoms with van der Waals surface area (Å²) in [5, 5.41) is 13.5. The summed E-state index contributed by atoms with van der Waals surface area (Å²) in [7, 11) is 6.43. The average Bonchev–Trinajstić information content (AvgIpc) is 3.49. The average molecular weight is 519 g/mol. The third kappa shape index (κ3) is 5.13. The maximum atomic E-state index is 5.92. The lowest BCUT2D eigenvalue weighted by atomic mass is 10.2. The van der Waals surface area contributed by atoms with Crippen molar-refractivity contribution >= 4 is 29.5 Å². The highest BCUT2D eigenvalue weighted by molar-refractivity contribution is 8.01. The molecular weight excluding hydrogens is 496 g/mol. The maximum absolute atomic E-state index is 5.92. The summed E-state index contributed by atoms with van der Waals surface area (Å²) in [4.78, 5) is 17.0. The van der Waals surface area contributed by atoms with Crippen molar-refractivity contribution in [2.75, 3.05) is 26.1 Å². The fraction of sp³-hybridized carbons (Fsp3) is 0.350. The van der Waals surface area contributed by atoms with Gasteiger partial charge in [-0.1, -0.05) is 11.6 Å². The molecule has 184 valence electrons. The molecule has 0 saturated carbocycles. The number of halogens is 1. The van der Waals surface area contributed by atoms with Gasteiger partial charge in [0, 0.05) is 32.7 Å². The molecule has 0 amide bonds. The Labute approximate surface area is 210 Å². The first-order valence-electron chi connectivity index (χ1n) is 10.3. The normalized spacial score (nSPS) is 12.9. The first-order chi connectivity index (χ1) is 17.0. The third-order valence-electron chi connectivity index (χ3n) is 4.88. The predicted octanol–water partition coefficient (Wildman–Crippen LogP) is 2.75. The number of anilines is 1. The van der Waals surface area contributed by atoms with Gasteiger partial charge in [-0.05, 0) is 24.9 Å². The van der Waals surface area contributed by atoms with E-state index in [2.05, 4.69) is 40.0 Å². The van der Waals surface area contributed by atoms with Gasteiger partial charge in [-0.15, -0.1) is 10.2 Å². The van der Waals surface area contributed by atoms with E-state index in [1.807, 2.05) is 26.2 Å². The van der Waals surface area contributed by atoms with Crippen molar-refractivity contribution in [3.05, 3.63) is 41.8 Å². The quantitative estimate of drug-likeness (QED) is 0.308. The van der Waals surface area contributed by atoms with Crippen molar-refractivity contribution in [2.24, 2.45) is 7.05 Å². The molecule has 2 atom stereocenters. The second-order valence-electron chi connectivity index (χ2n) is 7.14. The Balaban J connectivity index is 1.71. The summed E-state index contributed by atoms with van der Waals surface area (Å²) in [6, 6.07) is 1.82. The van der Waals surface area contributed by atoms with Gasteiger partial charge < -0.3 is 14.2 Å². The Kier molecular flexibility index (Phi) is 7.63. The molecule has 0 aliphatic rings. The van der Waals surface area contributed by atoms with Crippen LogP contribution in [-0.4, -0.2) is 71.1 Å². The minimum Gasteiger partial charge on any atom is -0.479 e. The van der Waals surface area contributed by atoms with E-state index >= 15 is 0 Å². The third-order valence-corrected chi connectivity index (χ3v) is 6.00. The van der Waals surface area contributed by atoms with Gasteiger partial charge in [0.25, 0.3) is 0 Å². The highest BCUT2D eigenvalue weighted by atomic mass is 35.5. The van der Waals surface area contributed by atoms with Gasteiger partial charge in [0.2, 0.25) is 17.7 Å². The van der Waals surface area contributed by atoms with Crippen molar-refractivity contribution < 1.29 is 14.2 Å². The van der Waals surface area contributed by atoms with Crippen LogP contribution in [-0.2, 0) is 11.8 Å². The standard InChI is InChI=1S/C20H23ClN10O3S/c1-11(15(32-3)16-22-8-12(21)9-23-16)35-29-20-27-26-17(13-6-7-30(2)28-13)31(20)14-18(33-4)24-10-25-19(14)34-5/h6-11,15H,1-5H3,(H,27,29). The summed E-state index contributed by atoms with van der Waals surface area (Å²) in [5.74, 6) is 1.88. The van der Waals surface area contributed by atoms with Gasteiger partial charge in [-0.25, -0.2) is 14.5 Å². The van der Waals surface area contributed by atoms with Crippen LogP contribution in [0.1, 0.15) is 18.9 Å². The molecule has 0 radical (unpaired) electrons. The number of nitrogens with one attached hydrogen (secondary N) is 1. The van der Waals surface area contributed by atoms with Crippen LogP contribution in [0.4, 0.5) is 5.95 Å². The summed E-state index contributed by atoms with van der Waals surface area (Å²) in [5.41, 5.74) is 1.01. The lowest BCUT2D eigenvalue weighted by Gasteiger charge is -2.21. The molecule has 4 aromatic rings. The molecule has 2 unspecified atom stereocenters. The van der Waals surface area contributed by atoms with E-state index in [-0.39, 0.29) is 17.0 Å². The zero-order valence-corrected chi connectivity index (χ0v) is 21.1. The molecule has 0 aliphatic carbocycles. The van der Waals surface area contributed by atoms with Gasteiger partial charge >= 0.3 is 0 Å². The van der Waals surface area contributed by atoms with E-state index in [4.69, 9.17) is 25.8 Å². The van der Waals surface area contributed by atoms with Crippen LogP contribution in [0.3, 0.4) is 0 Å². The van der Waals surface area contributed by atoms with Crippen LogP contribution in [0, 0.1) is 0 Å². The molecule has 15 heteroatoms. The number of aromatic nitrogens is 9. The molecule has 0 spiro atoms. The van der Waals surface area contributed by atoms with E-state index in [1.54, 1.807) is 16.4 Å². The molecule has 1 N–H and O–H groups in total. The number of rotatable bonds is 10. The Morgan fingerprint density at radius 2 is 1.71 bits per heavy atom. The topological polar surface area (TPSA) is 140 Å². The number of nitrogens with zero attached hydrogens (tertiary/aromatic N) is 9. The second-order valence-corrected chi connectivity index (χ2v) is 8.76. The molecule has 13 nitrogen and oxygen atoms in total. The molecule has 4 heterocycles. The lowest BCUT2D eigenvalue weighted by molar-refractivity contribution is 0.0972. The Morgan fingerprint density at radius 1 is 1.03 bits per heavy atom. The van der Waals surface area contributed by atoms with Crippen molar-refractivity contribution in [1.29, 1.82) is 0 Å². The van der Waals surface area contributed by atoms with Gasteiger partial charge in [0.05, 0.1) is 24.5 Å². The zero-order chi connectivity index (χ0) is 24.9. The lowest BCUT2D eigenvalue weighted by Crippen LogP contribution is -2.19. The molecule has 0 aliphatic heterocycles. The minimum absolute atomic E-state index is 0.138. The molecule has 35 heavy (non-hydrogen) atoms. The Hall–Kier alpha value is -3.49. The number of methoxy groups -OCH3 is 3. The molecule has 0 aromatic carbocycles. The van der Waals surface area contributed by atoms with Crippen LogP contribution in [0.5, 0.6) is 11.8 Å². The number of hydrogen-bond donors (Lipinski definition) is 1. The van der Waals surface area contributed by atoms with Gasteiger partial charge in [-0.2, -0.15) is 15.1 Å². The fourth-order valence-corrected chi connectivity index (χ4v) is 4.16. The van der Waals surface area contributed by atoms with Gasteiger partial charge in [-0.3, -0.25) is 9.40 Å². The smallest absolute Gasteiger partial charge is 0.245 e. The van der Waals surface area contributed by atoms with E-state index in [9.17, 15) is 0 Å². The molecule has 0 bridgehead atoms. The van der Waals surface area contributed by atoms with Crippen molar-refractivity contribution in [3.8, 4) is 29.0 Å². The summed E-state index contributed by atoms with van der Waals surface area (Å²) in [6.07, 6.45) is 5.81. The first kappa shape index (κ1) is 24.6. The second kappa shape index (κ2) is 10.8. The maximum Gasteiger partial charge on any atom is 0.245 e. The van der Waals surface area contributed by atoms with Crippen LogP contribution in [0.15, 0.2) is 31.0 Å². The molecule has 4 rings (SSSR count). The molecular formula is C20H23ClN10O3S. The van der Waals surface area contributed by atoms with Crippen LogP contribution >= 0.6 is 23.5 Å². The molecule has 0 fully saturated rings. The van der Waals surface area contributed by atoms with E-state index in [0.29, 0.717) is 34.0 Å². The van der Waals surface area contributed by atoms with Crippen molar-refractivity contribution in [3.63, 3.8) is 0 Å². The van der Waals surface area contributed by atoms with E-state index < -0.39 is 6.10 Å². The molecule has 0 saturated heterocycles. The predicted molar refractivity (Wildman–Crippen MR) is 130 cm³/mol. The van der Waals surface area contributed by atoms with E-state index in [0.717, 1.165) is 0 Å². The Morgan fingerprint density at radius 3 is 2.29 bits per heavy atom. The highest BCUT2D eigenvalue weighted by Gasteiger charge is 2.27. The monoisotopic (exact) mass is 518 g/mol. The van der Waals surface area contributed by atoms with E-state index in [1.165, 1.54) is 44.9 Å². The Bertz CT molecular complexity index is 1260. The van der Waals surface area contributed by atoms with Crippen LogP contribution in [0.2, 0.25) is 5.02 Å². The van der Waals surface area contributed by atoms with Gasteiger partial charge in [0.15, 0.2) is 17.3 Å². The van der Waals surface area contributed by atoms with Crippen LogP contribution < -0.4 is 14.2 Å². The fourth-order valence-electron chi connectivity index (χ4n) is 3.28. The van der Waals surface area contributed by atoms with Crippen molar-refractivity contribution in [2.45, 2.75) is 18.3 Å². The number of hydrogen-bond acceptors (Lipinski definition) is 12. The first-order valence-corrected chi connectivity index (χ1v) is 11.5. The molecule has 4 aromatic heterocycles. The number of aryl methyl sites for hydroxylation is 1. The SMILES string of the molecule is COc1ncnc(OC)c1-n1c(NSC(C)C(OC)c2ncc(Cl)cn2)nnc1-c1ccn(C)n1. The van der Waals surface area contributed by atoms with Gasteiger partial charge in [0.1, 0.15) is 18.1 Å². The highest BCUT2D eigenvalue weighted by Crippen LogP contribution is 2.36. The minimum atomic E-state index is -0.416. The summed E-state index contributed by atoms with van der Waals surface area (Å²) >= 11 is 7.27. The largest absolute Gasteiger partial charge is 0.479 e. The number of ether oxygens (including phenoxy) is 3. The van der Waals surface area contributed by atoms with Crippen molar-refractivity contribution in [1.82, 2.24) is 44.5 Å². The zero-order valence-electron chi connectivity index (χ0n) is 19.6.